The standard InChI is InChI=1S/C18H22N2O.ClH/c1-3-20(16-11-8-14(2)9-12-16)18(21)13-10-15-6-4-5-7-17(15)19;/h4-9,11-12H,3,10,13,19H2,1-2H3;1H. The average molecular weight is 319 g/mol. The smallest absolute Gasteiger partial charge is 0.227 e. The number of hydrogen-bond acceptors (Lipinski definition) is 2. The molecule has 0 saturated carbocycles. The Morgan fingerprint density at radius 1 is 1.09 bits per heavy atom. The first-order valence-corrected chi connectivity index (χ1v) is 7.32. The highest BCUT2D eigenvalue weighted by molar-refractivity contribution is 5.93. The van der Waals surface area contributed by atoms with Crippen molar-refractivity contribution in [1.29, 1.82) is 0 Å². The number of amides is 1. The van der Waals surface area contributed by atoms with E-state index in [-0.39, 0.29) is 18.3 Å². The molecule has 0 radical (unpaired) electrons. The van der Waals surface area contributed by atoms with E-state index in [0.717, 1.165) is 16.9 Å². The third kappa shape index (κ3) is 4.50. The van der Waals surface area contributed by atoms with Crippen LogP contribution >= 0.6 is 12.4 Å². The second kappa shape index (κ2) is 8.44. The van der Waals surface area contributed by atoms with E-state index in [1.165, 1.54) is 5.56 Å². The maximum atomic E-state index is 12.4. The quantitative estimate of drug-likeness (QED) is 0.847. The van der Waals surface area contributed by atoms with Crippen LogP contribution in [0.1, 0.15) is 24.5 Å². The van der Waals surface area contributed by atoms with Crippen molar-refractivity contribution in [3.05, 3.63) is 59.7 Å². The number of aryl methyl sites for hydroxylation is 2. The highest BCUT2D eigenvalue weighted by Crippen LogP contribution is 2.18. The molecular formula is C18H23ClN2O. The molecule has 0 unspecified atom stereocenters. The van der Waals surface area contributed by atoms with Gasteiger partial charge in [-0.3, -0.25) is 4.79 Å². The summed E-state index contributed by atoms with van der Waals surface area (Å²) in [6, 6.07) is 15.8. The van der Waals surface area contributed by atoms with Crippen molar-refractivity contribution in [3.8, 4) is 0 Å². The molecule has 3 nitrogen and oxygen atoms in total. The summed E-state index contributed by atoms with van der Waals surface area (Å²) in [6.07, 6.45) is 1.14. The fraction of sp³-hybridized carbons (Fsp3) is 0.278. The first-order valence-electron chi connectivity index (χ1n) is 7.32. The van der Waals surface area contributed by atoms with Crippen molar-refractivity contribution in [3.63, 3.8) is 0 Å². The van der Waals surface area contributed by atoms with E-state index < -0.39 is 0 Å². The van der Waals surface area contributed by atoms with Gasteiger partial charge >= 0.3 is 0 Å². The van der Waals surface area contributed by atoms with Gasteiger partial charge in [0.25, 0.3) is 0 Å². The summed E-state index contributed by atoms with van der Waals surface area (Å²) in [5, 5.41) is 0. The molecule has 4 heteroatoms. The molecule has 0 bridgehead atoms. The number of para-hydroxylation sites is 1. The zero-order chi connectivity index (χ0) is 15.2. The van der Waals surface area contributed by atoms with Crippen molar-refractivity contribution < 1.29 is 4.79 Å². The summed E-state index contributed by atoms with van der Waals surface area (Å²) < 4.78 is 0. The number of hydrogen-bond donors (Lipinski definition) is 1. The monoisotopic (exact) mass is 318 g/mol. The molecule has 2 N–H and O–H groups in total. The van der Waals surface area contributed by atoms with Crippen molar-refractivity contribution in [2.75, 3.05) is 17.2 Å². The molecule has 0 spiro atoms. The number of benzene rings is 2. The zero-order valence-corrected chi connectivity index (χ0v) is 13.9. The lowest BCUT2D eigenvalue weighted by Gasteiger charge is -2.21. The van der Waals surface area contributed by atoms with E-state index in [1.807, 2.05) is 67.3 Å². The molecule has 0 aliphatic rings. The van der Waals surface area contributed by atoms with Gasteiger partial charge in [-0.15, -0.1) is 12.4 Å². The number of anilines is 2. The molecule has 0 atom stereocenters. The van der Waals surface area contributed by atoms with Gasteiger partial charge in [0.1, 0.15) is 0 Å². The Labute approximate surface area is 138 Å². The van der Waals surface area contributed by atoms with Gasteiger partial charge < -0.3 is 10.6 Å². The van der Waals surface area contributed by atoms with Crippen LogP contribution in [0, 0.1) is 6.92 Å². The first-order chi connectivity index (χ1) is 10.1. The topological polar surface area (TPSA) is 46.3 Å². The van der Waals surface area contributed by atoms with Gasteiger partial charge in [0, 0.05) is 24.3 Å². The zero-order valence-electron chi connectivity index (χ0n) is 13.1. The van der Waals surface area contributed by atoms with Gasteiger partial charge in [-0.25, -0.2) is 0 Å². The molecule has 0 aliphatic heterocycles. The summed E-state index contributed by atoms with van der Waals surface area (Å²) in [4.78, 5) is 14.2. The average Bonchev–Trinajstić information content (AvgIpc) is 2.49. The van der Waals surface area contributed by atoms with E-state index in [4.69, 9.17) is 5.73 Å². The summed E-state index contributed by atoms with van der Waals surface area (Å²) in [6.45, 7) is 4.71. The van der Waals surface area contributed by atoms with Crippen LogP contribution in [0.5, 0.6) is 0 Å². The minimum absolute atomic E-state index is 0. The predicted octanol–water partition coefficient (Wildman–Crippen LogP) is 3.98. The lowest BCUT2D eigenvalue weighted by atomic mass is 10.1. The normalized spacial score (nSPS) is 9.91. The second-order valence-corrected chi connectivity index (χ2v) is 5.17. The van der Waals surface area contributed by atoms with Crippen molar-refractivity contribution in [2.45, 2.75) is 26.7 Å². The Balaban J connectivity index is 0.00000242. The molecule has 2 aromatic carbocycles. The van der Waals surface area contributed by atoms with Crippen LogP contribution in [0.3, 0.4) is 0 Å². The third-order valence-corrected chi connectivity index (χ3v) is 3.63. The Bertz CT molecular complexity index is 611. The molecule has 0 aliphatic carbocycles. The summed E-state index contributed by atoms with van der Waals surface area (Å²) in [7, 11) is 0. The van der Waals surface area contributed by atoms with Gasteiger partial charge in [0.05, 0.1) is 0 Å². The lowest BCUT2D eigenvalue weighted by molar-refractivity contribution is -0.118. The summed E-state index contributed by atoms with van der Waals surface area (Å²) in [5.74, 6) is 0.129. The maximum absolute atomic E-state index is 12.4. The van der Waals surface area contributed by atoms with Gasteiger partial charge in [0.15, 0.2) is 0 Å². The molecule has 2 rings (SSSR count). The van der Waals surface area contributed by atoms with Gasteiger partial charge in [-0.2, -0.15) is 0 Å². The molecule has 2 aromatic rings. The number of nitrogens with two attached hydrogens (primary N) is 1. The highest BCUT2D eigenvalue weighted by Gasteiger charge is 2.14. The van der Waals surface area contributed by atoms with Crippen molar-refractivity contribution in [1.82, 2.24) is 0 Å². The van der Waals surface area contributed by atoms with Gasteiger partial charge in [-0.05, 0) is 44.0 Å². The SMILES string of the molecule is CCN(C(=O)CCc1ccccc1N)c1ccc(C)cc1.Cl. The van der Waals surface area contributed by atoms with Crippen LogP contribution in [0.15, 0.2) is 48.5 Å². The number of rotatable bonds is 5. The highest BCUT2D eigenvalue weighted by atomic mass is 35.5. The number of carbonyl (C=O) groups is 1. The van der Waals surface area contributed by atoms with Crippen LogP contribution < -0.4 is 10.6 Å². The molecular weight excluding hydrogens is 296 g/mol. The van der Waals surface area contributed by atoms with E-state index in [2.05, 4.69) is 0 Å². The van der Waals surface area contributed by atoms with E-state index in [0.29, 0.717) is 19.4 Å². The Kier molecular flexibility index (Phi) is 6.93. The Morgan fingerprint density at radius 2 is 1.73 bits per heavy atom. The van der Waals surface area contributed by atoms with Gasteiger partial charge in [0.2, 0.25) is 5.91 Å². The molecule has 0 fully saturated rings. The molecule has 1 amide bonds. The number of nitrogens with zero attached hydrogens (tertiary/aromatic N) is 1. The largest absolute Gasteiger partial charge is 0.399 e. The minimum atomic E-state index is 0. The fourth-order valence-corrected chi connectivity index (χ4v) is 2.37. The molecule has 118 valence electrons. The first kappa shape index (κ1) is 18.1. The maximum Gasteiger partial charge on any atom is 0.227 e. The van der Waals surface area contributed by atoms with Crippen molar-refractivity contribution in [2.24, 2.45) is 0 Å². The van der Waals surface area contributed by atoms with Crippen LogP contribution in [-0.4, -0.2) is 12.5 Å². The molecule has 22 heavy (non-hydrogen) atoms. The number of nitrogen functional groups attached to an aromatic ring is 1. The van der Waals surface area contributed by atoms with E-state index in [1.54, 1.807) is 0 Å². The van der Waals surface area contributed by atoms with Gasteiger partial charge in [-0.1, -0.05) is 35.9 Å². The number of carbonyl (C=O) groups excluding carboxylic acids is 1. The number of halogens is 1. The van der Waals surface area contributed by atoms with Crippen LogP contribution in [-0.2, 0) is 11.2 Å². The summed E-state index contributed by atoms with van der Waals surface area (Å²) >= 11 is 0. The van der Waals surface area contributed by atoms with Crippen LogP contribution in [0.25, 0.3) is 0 Å². The molecule has 0 aromatic heterocycles. The minimum Gasteiger partial charge on any atom is -0.399 e. The van der Waals surface area contributed by atoms with Crippen molar-refractivity contribution >= 4 is 29.7 Å². The molecule has 0 heterocycles. The molecule has 0 saturated heterocycles. The van der Waals surface area contributed by atoms with Crippen LogP contribution in [0.2, 0.25) is 0 Å². The van der Waals surface area contributed by atoms with E-state index >= 15 is 0 Å². The van der Waals surface area contributed by atoms with E-state index in [9.17, 15) is 4.79 Å². The second-order valence-electron chi connectivity index (χ2n) is 5.17. The third-order valence-electron chi connectivity index (χ3n) is 3.63. The van der Waals surface area contributed by atoms with Crippen LogP contribution in [0.4, 0.5) is 11.4 Å². The predicted molar refractivity (Wildman–Crippen MR) is 95.6 cm³/mol. The summed E-state index contributed by atoms with van der Waals surface area (Å²) in [5.41, 5.74) is 9.85. The fourth-order valence-electron chi connectivity index (χ4n) is 2.37. The Hall–Kier alpha value is -2.00. The Morgan fingerprint density at radius 3 is 2.32 bits per heavy atom. The lowest BCUT2D eigenvalue weighted by Crippen LogP contribution is -2.30.